The lowest BCUT2D eigenvalue weighted by Gasteiger charge is -2.18. The molecule has 1 amide bonds. The summed E-state index contributed by atoms with van der Waals surface area (Å²) in [4.78, 5) is 12.6. The molecule has 2 N–H and O–H groups in total. The fourth-order valence-corrected chi connectivity index (χ4v) is 4.35. The smallest absolute Gasteiger partial charge is 0.407 e. The van der Waals surface area contributed by atoms with E-state index in [0.29, 0.717) is 47.6 Å². The van der Waals surface area contributed by atoms with Crippen LogP contribution >= 0.6 is 0 Å². The van der Waals surface area contributed by atoms with Crippen LogP contribution in [0.25, 0.3) is 11.3 Å². The molecule has 2 heterocycles. The van der Waals surface area contributed by atoms with Crippen LogP contribution in [0.2, 0.25) is 0 Å². The Morgan fingerprint density at radius 2 is 2.00 bits per heavy atom. The summed E-state index contributed by atoms with van der Waals surface area (Å²) in [6, 6.07) is 8.34. The van der Waals surface area contributed by atoms with Crippen LogP contribution in [0.4, 0.5) is 15.0 Å². The number of fused-ring (bicyclic) bond motifs is 1. The van der Waals surface area contributed by atoms with Gasteiger partial charge in [0.05, 0.1) is 11.3 Å². The maximum Gasteiger partial charge on any atom is 0.407 e. The molecule has 2 aliphatic rings. The van der Waals surface area contributed by atoms with E-state index in [4.69, 9.17) is 5.11 Å². The molecule has 1 saturated carbocycles. The Labute approximate surface area is 161 Å². The molecule has 4 rings (SSSR count). The monoisotopic (exact) mass is 381 g/mol. The average molecular weight is 381 g/mol. The molecule has 7 nitrogen and oxygen atoms in total. The van der Waals surface area contributed by atoms with Gasteiger partial charge in [0.15, 0.2) is 5.82 Å². The molecule has 8 heteroatoms. The minimum absolute atomic E-state index is 0.133. The number of amides is 1. The highest BCUT2D eigenvalue weighted by Gasteiger charge is 2.42. The van der Waals surface area contributed by atoms with Crippen LogP contribution in [0.1, 0.15) is 24.0 Å². The first-order valence-electron chi connectivity index (χ1n) is 9.23. The molecule has 1 aliphatic heterocycles. The summed E-state index contributed by atoms with van der Waals surface area (Å²) in [5.41, 5.74) is 2.28. The molecule has 0 spiro atoms. The zero-order chi connectivity index (χ0) is 19.8. The fourth-order valence-electron chi connectivity index (χ4n) is 4.35. The molecule has 1 aromatic carbocycles. The summed E-state index contributed by atoms with van der Waals surface area (Å²) in [6.45, 7) is 2.98. The van der Waals surface area contributed by atoms with E-state index in [0.717, 1.165) is 18.4 Å². The topological polar surface area (TPSA) is 102 Å². The molecular formula is C20H20FN5O2. The Morgan fingerprint density at radius 1 is 1.29 bits per heavy atom. The normalized spacial score (nSPS) is 23.3. The minimum atomic E-state index is -0.861. The number of carbonyl (C=O) groups is 1. The van der Waals surface area contributed by atoms with E-state index in [1.54, 1.807) is 12.1 Å². The molecular weight excluding hydrogens is 361 g/mol. The molecule has 0 radical (unpaired) electrons. The molecule has 2 aromatic rings. The first-order valence-corrected chi connectivity index (χ1v) is 9.23. The van der Waals surface area contributed by atoms with Crippen LogP contribution in [0, 0.1) is 35.9 Å². The maximum atomic E-state index is 13.6. The number of halogens is 1. The van der Waals surface area contributed by atoms with Crippen molar-refractivity contribution in [3.05, 3.63) is 41.2 Å². The van der Waals surface area contributed by atoms with Crippen molar-refractivity contribution in [3.8, 4) is 17.3 Å². The largest absolute Gasteiger partial charge is 0.465 e. The predicted octanol–water partition coefficient (Wildman–Crippen LogP) is 3.26. The lowest BCUT2D eigenvalue weighted by molar-refractivity contribution is 0.152. The Bertz CT molecular complexity index is 960. The SMILES string of the molecule is Cc1ccc(F)cc1-c1cc(C#N)c(NC2C[C@@H]3CN(C(=O)O)C[C@@H]3C2)nn1. The van der Waals surface area contributed by atoms with Gasteiger partial charge in [0, 0.05) is 24.7 Å². The van der Waals surface area contributed by atoms with Crippen LogP contribution in [0.5, 0.6) is 0 Å². The summed E-state index contributed by atoms with van der Waals surface area (Å²) < 4.78 is 13.6. The highest BCUT2D eigenvalue weighted by molar-refractivity contribution is 5.67. The van der Waals surface area contributed by atoms with E-state index < -0.39 is 6.09 Å². The van der Waals surface area contributed by atoms with Crippen LogP contribution < -0.4 is 5.32 Å². The van der Waals surface area contributed by atoms with Gasteiger partial charge >= 0.3 is 6.09 Å². The van der Waals surface area contributed by atoms with Crippen LogP contribution in [0.3, 0.4) is 0 Å². The highest BCUT2D eigenvalue weighted by Crippen LogP contribution is 2.39. The van der Waals surface area contributed by atoms with Crippen molar-refractivity contribution in [2.45, 2.75) is 25.8 Å². The van der Waals surface area contributed by atoms with E-state index >= 15 is 0 Å². The summed E-state index contributed by atoms with van der Waals surface area (Å²) in [5, 5.41) is 30.3. The second-order valence-electron chi connectivity index (χ2n) is 7.58. The van der Waals surface area contributed by atoms with Crippen LogP contribution in [0.15, 0.2) is 24.3 Å². The number of likely N-dealkylation sites (tertiary alicyclic amines) is 1. The predicted molar refractivity (Wildman–Crippen MR) is 100 cm³/mol. The van der Waals surface area contributed by atoms with Crippen molar-refractivity contribution in [1.29, 1.82) is 5.26 Å². The number of anilines is 1. The third-order valence-electron chi connectivity index (χ3n) is 5.75. The van der Waals surface area contributed by atoms with Gasteiger partial charge in [-0.2, -0.15) is 5.26 Å². The number of hydrogen-bond donors (Lipinski definition) is 2. The van der Waals surface area contributed by atoms with Crippen molar-refractivity contribution in [3.63, 3.8) is 0 Å². The van der Waals surface area contributed by atoms with Crippen molar-refractivity contribution in [2.24, 2.45) is 11.8 Å². The lowest BCUT2D eigenvalue weighted by atomic mass is 10.0. The number of carboxylic acid groups (broad SMARTS) is 1. The van der Waals surface area contributed by atoms with Gasteiger partial charge in [-0.05, 0) is 55.4 Å². The van der Waals surface area contributed by atoms with E-state index in [1.807, 2.05) is 6.92 Å². The second-order valence-corrected chi connectivity index (χ2v) is 7.58. The number of aromatic nitrogens is 2. The van der Waals surface area contributed by atoms with Crippen molar-refractivity contribution in [1.82, 2.24) is 15.1 Å². The molecule has 1 saturated heterocycles. The Kier molecular flexibility index (Phi) is 4.59. The number of aryl methyl sites for hydroxylation is 1. The molecule has 2 fully saturated rings. The molecule has 3 atom stereocenters. The van der Waals surface area contributed by atoms with Crippen molar-refractivity contribution in [2.75, 3.05) is 18.4 Å². The second kappa shape index (κ2) is 7.08. The first-order chi connectivity index (χ1) is 13.4. The van der Waals surface area contributed by atoms with Gasteiger partial charge in [0.25, 0.3) is 0 Å². The quantitative estimate of drug-likeness (QED) is 0.846. The van der Waals surface area contributed by atoms with Gasteiger partial charge in [-0.3, -0.25) is 0 Å². The number of nitrogens with one attached hydrogen (secondary N) is 1. The third-order valence-corrected chi connectivity index (χ3v) is 5.75. The fraction of sp³-hybridized carbons (Fsp3) is 0.400. The lowest BCUT2D eigenvalue weighted by Crippen LogP contribution is -2.29. The average Bonchev–Trinajstić information content (AvgIpc) is 3.23. The standard InChI is InChI=1S/C20H20FN5O2/c1-11-2-3-15(21)7-17(11)18-6-12(8-22)19(25-24-18)23-16-4-13-9-26(20(27)28)10-14(13)5-16/h2-3,6-7,13-14,16H,4-5,9-10H2,1H3,(H,23,25)(H,27,28)/t13-,14+,16?. The molecule has 1 unspecified atom stereocenters. The highest BCUT2D eigenvalue weighted by atomic mass is 19.1. The van der Waals surface area contributed by atoms with E-state index in [-0.39, 0.29) is 11.9 Å². The number of rotatable bonds is 3. The summed E-state index contributed by atoms with van der Waals surface area (Å²) >= 11 is 0. The van der Waals surface area contributed by atoms with E-state index in [2.05, 4.69) is 21.6 Å². The van der Waals surface area contributed by atoms with Crippen LogP contribution in [-0.4, -0.2) is 45.4 Å². The van der Waals surface area contributed by atoms with Gasteiger partial charge in [0.2, 0.25) is 0 Å². The van der Waals surface area contributed by atoms with Gasteiger partial charge in [-0.15, -0.1) is 10.2 Å². The molecule has 1 aliphatic carbocycles. The molecule has 1 aromatic heterocycles. The van der Waals surface area contributed by atoms with E-state index in [9.17, 15) is 14.4 Å². The van der Waals surface area contributed by atoms with Gasteiger partial charge in [0.1, 0.15) is 11.9 Å². The summed E-state index contributed by atoms with van der Waals surface area (Å²) in [6.07, 6.45) is 0.817. The van der Waals surface area contributed by atoms with Crippen molar-refractivity contribution >= 4 is 11.9 Å². The minimum Gasteiger partial charge on any atom is -0.465 e. The number of benzene rings is 1. The number of nitrogens with zero attached hydrogens (tertiary/aromatic N) is 4. The zero-order valence-corrected chi connectivity index (χ0v) is 15.4. The number of nitriles is 1. The van der Waals surface area contributed by atoms with Crippen molar-refractivity contribution < 1.29 is 14.3 Å². The Morgan fingerprint density at radius 3 is 2.64 bits per heavy atom. The first kappa shape index (κ1) is 18.2. The number of hydrogen-bond acceptors (Lipinski definition) is 5. The molecule has 144 valence electrons. The van der Waals surface area contributed by atoms with Crippen LogP contribution in [-0.2, 0) is 0 Å². The molecule has 0 bridgehead atoms. The summed E-state index contributed by atoms with van der Waals surface area (Å²) in [5.74, 6) is 0.721. The zero-order valence-electron chi connectivity index (χ0n) is 15.4. The third kappa shape index (κ3) is 3.36. The summed E-state index contributed by atoms with van der Waals surface area (Å²) in [7, 11) is 0. The van der Waals surface area contributed by atoms with Gasteiger partial charge in [-0.25, -0.2) is 9.18 Å². The molecule has 28 heavy (non-hydrogen) atoms. The van der Waals surface area contributed by atoms with Gasteiger partial charge < -0.3 is 15.3 Å². The Hall–Kier alpha value is -3.21. The van der Waals surface area contributed by atoms with E-state index in [1.165, 1.54) is 17.0 Å². The maximum absolute atomic E-state index is 13.6. The van der Waals surface area contributed by atoms with Gasteiger partial charge in [-0.1, -0.05) is 6.07 Å². The Balaban J connectivity index is 1.50.